The van der Waals surface area contributed by atoms with Gasteiger partial charge in [0.1, 0.15) is 0 Å². The predicted octanol–water partition coefficient (Wildman–Crippen LogP) is 5.60. The fourth-order valence-corrected chi connectivity index (χ4v) is 3.99. The number of nitrogens with one attached hydrogen (secondary N) is 1. The Kier molecular flexibility index (Phi) is 5.16. The molecule has 4 heteroatoms. The van der Waals surface area contributed by atoms with Gasteiger partial charge >= 0.3 is 0 Å². The number of hydrogen-bond acceptors (Lipinski definition) is 3. The molecule has 1 aromatic heterocycles. The second-order valence-corrected chi connectivity index (χ2v) is 6.98. The Hall–Kier alpha value is -2.04. The predicted molar refractivity (Wildman–Crippen MR) is 99.5 cm³/mol. The van der Waals surface area contributed by atoms with Gasteiger partial charge in [-0.15, -0.1) is 11.8 Å². The third kappa shape index (κ3) is 4.03. The van der Waals surface area contributed by atoms with E-state index in [1.54, 1.807) is 23.1 Å². The van der Waals surface area contributed by atoms with Crippen molar-refractivity contribution >= 4 is 34.7 Å². The highest BCUT2D eigenvalue weighted by atomic mass is 32.2. The van der Waals surface area contributed by atoms with E-state index < -0.39 is 0 Å². The van der Waals surface area contributed by atoms with Gasteiger partial charge in [-0.2, -0.15) is 11.3 Å². The first kappa shape index (κ1) is 15.8. The molecule has 0 spiro atoms. The molecule has 0 aliphatic carbocycles. The van der Waals surface area contributed by atoms with Crippen molar-refractivity contribution in [1.82, 2.24) is 0 Å². The topological polar surface area (TPSA) is 29.1 Å². The van der Waals surface area contributed by atoms with Crippen LogP contribution in [0.25, 0.3) is 0 Å². The summed E-state index contributed by atoms with van der Waals surface area (Å²) >= 11 is 3.39. The van der Waals surface area contributed by atoms with Gasteiger partial charge in [0.2, 0.25) is 0 Å². The molecular formula is C19H17NOS2. The smallest absolute Gasteiger partial charge is 0.256 e. The Morgan fingerprint density at radius 3 is 2.65 bits per heavy atom. The summed E-state index contributed by atoms with van der Waals surface area (Å²) in [6.07, 6.45) is 0. The van der Waals surface area contributed by atoms with E-state index in [1.165, 1.54) is 5.56 Å². The number of para-hydroxylation sites is 1. The van der Waals surface area contributed by atoms with E-state index in [1.807, 2.05) is 55.5 Å². The van der Waals surface area contributed by atoms with E-state index in [4.69, 9.17) is 0 Å². The first-order valence-corrected chi connectivity index (χ1v) is 9.27. The van der Waals surface area contributed by atoms with Crippen LogP contribution >= 0.6 is 23.1 Å². The summed E-state index contributed by atoms with van der Waals surface area (Å²) in [7, 11) is 0. The lowest BCUT2D eigenvalue weighted by Crippen LogP contribution is -2.13. The van der Waals surface area contributed by atoms with E-state index in [9.17, 15) is 4.79 Å². The van der Waals surface area contributed by atoms with Gasteiger partial charge in [0.15, 0.2) is 0 Å². The van der Waals surface area contributed by atoms with Crippen LogP contribution in [0.4, 0.5) is 5.69 Å². The molecule has 3 aromatic rings. The summed E-state index contributed by atoms with van der Waals surface area (Å²) in [6.45, 7) is 1.99. The molecule has 0 fully saturated rings. The van der Waals surface area contributed by atoms with Crippen molar-refractivity contribution in [3.8, 4) is 0 Å². The van der Waals surface area contributed by atoms with Crippen LogP contribution in [0.15, 0.2) is 70.3 Å². The minimum Gasteiger partial charge on any atom is -0.322 e. The third-order valence-corrected chi connectivity index (χ3v) is 5.38. The maximum absolute atomic E-state index is 12.6. The van der Waals surface area contributed by atoms with E-state index in [-0.39, 0.29) is 5.91 Å². The summed E-state index contributed by atoms with van der Waals surface area (Å²) in [6, 6.07) is 17.7. The molecule has 0 bridgehead atoms. The number of aryl methyl sites for hydroxylation is 1. The largest absolute Gasteiger partial charge is 0.322 e. The summed E-state index contributed by atoms with van der Waals surface area (Å²) in [5.41, 5.74) is 3.92. The number of anilines is 1. The molecule has 0 radical (unpaired) electrons. The van der Waals surface area contributed by atoms with Gasteiger partial charge < -0.3 is 5.32 Å². The molecule has 1 amide bonds. The van der Waals surface area contributed by atoms with Crippen molar-refractivity contribution in [2.24, 2.45) is 0 Å². The third-order valence-electron chi connectivity index (χ3n) is 3.50. The molecule has 0 saturated carbocycles. The van der Waals surface area contributed by atoms with E-state index in [2.05, 4.69) is 22.1 Å². The van der Waals surface area contributed by atoms with Crippen molar-refractivity contribution in [2.45, 2.75) is 17.6 Å². The van der Waals surface area contributed by atoms with Crippen molar-refractivity contribution in [3.05, 3.63) is 82.0 Å². The van der Waals surface area contributed by atoms with Gasteiger partial charge in [0.25, 0.3) is 5.91 Å². The van der Waals surface area contributed by atoms with Crippen LogP contribution in [0, 0.1) is 6.92 Å². The first-order valence-electron chi connectivity index (χ1n) is 7.34. The lowest BCUT2D eigenvalue weighted by molar-refractivity contribution is 0.102. The quantitative estimate of drug-likeness (QED) is 0.613. The Bertz CT molecular complexity index is 797. The lowest BCUT2D eigenvalue weighted by atomic mass is 10.1. The lowest BCUT2D eigenvalue weighted by Gasteiger charge is -2.11. The Balaban J connectivity index is 1.76. The van der Waals surface area contributed by atoms with Gasteiger partial charge in [-0.25, -0.2) is 0 Å². The summed E-state index contributed by atoms with van der Waals surface area (Å²) in [5.74, 6) is 0.811. The maximum Gasteiger partial charge on any atom is 0.256 e. The Morgan fingerprint density at radius 2 is 1.87 bits per heavy atom. The molecule has 0 atom stereocenters. The molecule has 2 aromatic carbocycles. The number of benzene rings is 2. The van der Waals surface area contributed by atoms with E-state index >= 15 is 0 Å². The van der Waals surface area contributed by atoms with E-state index in [0.717, 1.165) is 27.5 Å². The van der Waals surface area contributed by atoms with Crippen LogP contribution in [0.5, 0.6) is 0 Å². The number of thiophene rings is 1. The average molecular weight is 339 g/mol. The molecule has 2 nitrogen and oxygen atoms in total. The van der Waals surface area contributed by atoms with Crippen LogP contribution in [0.2, 0.25) is 0 Å². The van der Waals surface area contributed by atoms with Gasteiger partial charge in [0.05, 0.1) is 5.56 Å². The van der Waals surface area contributed by atoms with Crippen LogP contribution in [0.1, 0.15) is 21.5 Å². The summed E-state index contributed by atoms with van der Waals surface area (Å²) < 4.78 is 0. The SMILES string of the molecule is Cc1ccccc1NC(=O)c1ccccc1SCc1ccsc1. The highest BCUT2D eigenvalue weighted by molar-refractivity contribution is 7.98. The Labute approximate surface area is 144 Å². The second kappa shape index (κ2) is 7.49. The number of rotatable bonds is 5. The first-order chi connectivity index (χ1) is 11.2. The normalized spacial score (nSPS) is 10.5. The zero-order valence-corrected chi connectivity index (χ0v) is 14.4. The highest BCUT2D eigenvalue weighted by Crippen LogP contribution is 2.28. The molecule has 116 valence electrons. The molecule has 23 heavy (non-hydrogen) atoms. The van der Waals surface area contributed by atoms with Gasteiger partial charge in [-0.05, 0) is 53.1 Å². The second-order valence-electron chi connectivity index (χ2n) is 5.19. The van der Waals surface area contributed by atoms with Gasteiger partial charge in [-0.3, -0.25) is 4.79 Å². The molecular weight excluding hydrogens is 322 g/mol. The number of carbonyl (C=O) groups is 1. The highest BCUT2D eigenvalue weighted by Gasteiger charge is 2.12. The van der Waals surface area contributed by atoms with Crippen LogP contribution in [-0.4, -0.2) is 5.91 Å². The number of thioether (sulfide) groups is 1. The number of carbonyl (C=O) groups excluding carboxylic acids is 1. The van der Waals surface area contributed by atoms with Crippen molar-refractivity contribution in [2.75, 3.05) is 5.32 Å². The number of hydrogen-bond donors (Lipinski definition) is 1. The van der Waals surface area contributed by atoms with Gasteiger partial charge in [0, 0.05) is 16.3 Å². The molecule has 0 unspecified atom stereocenters. The fourth-order valence-electron chi connectivity index (χ4n) is 2.22. The molecule has 0 saturated heterocycles. The molecule has 3 rings (SSSR count). The van der Waals surface area contributed by atoms with Crippen LogP contribution < -0.4 is 5.32 Å². The van der Waals surface area contributed by atoms with Gasteiger partial charge in [-0.1, -0.05) is 30.3 Å². The molecule has 0 aliphatic rings. The van der Waals surface area contributed by atoms with Crippen molar-refractivity contribution in [1.29, 1.82) is 0 Å². The van der Waals surface area contributed by atoms with Crippen LogP contribution in [-0.2, 0) is 5.75 Å². The molecule has 0 aliphatic heterocycles. The monoisotopic (exact) mass is 339 g/mol. The summed E-state index contributed by atoms with van der Waals surface area (Å²) in [5, 5.41) is 7.23. The maximum atomic E-state index is 12.6. The minimum absolute atomic E-state index is 0.0623. The van der Waals surface area contributed by atoms with Crippen LogP contribution in [0.3, 0.4) is 0 Å². The average Bonchev–Trinajstić information content (AvgIpc) is 3.09. The standard InChI is InChI=1S/C19H17NOS2/c1-14-6-2-4-8-17(14)20-19(21)16-7-3-5-9-18(16)23-13-15-10-11-22-12-15/h2-12H,13H2,1H3,(H,20,21). The zero-order chi connectivity index (χ0) is 16.1. The zero-order valence-electron chi connectivity index (χ0n) is 12.8. The number of amides is 1. The van der Waals surface area contributed by atoms with E-state index in [0.29, 0.717) is 0 Å². The Morgan fingerprint density at radius 1 is 1.09 bits per heavy atom. The minimum atomic E-state index is -0.0623. The van der Waals surface area contributed by atoms with Crippen molar-refractivity contribution in [3.63, 3.8) is 0 Å². The summed E-state index contributed by atoms with van der Waals surface area (Å²) in [4.78, 5) is 13.6. The molecule has 1 heterocycles. The molecule has 1 N–H and O–H groups in total. The fraction of sp³-hybridized carbons (Fsp3) is 0.105. The van der Waals surface area contributed by atoms with Crippen molar-refractivity contribution < 1.29 is 4.79 Å².